The molecule has 42 heavy (non-hydrogen) atoms. The van der Waals surface area contributed by atoms with Crippen LogP contribution in [0.4, 0.5) is 11.5 Å². The van der Waals surface area contributed by atoms with Gasteiger partial charge in [0.25, 0.3) is 0 Å². The van der Waals surface area contributed by atoms with E-state index in [1.807, 2.05) is 96.1 Å². The highest BCUT2D eigenvalue weighted by Gasteiger charge is 2.16. The van der Waals surface area contributed by atoms with Crippen molar-refractivity contribution < 1.29 is 9.53 Å². The number of carbonyl (C=O) groups is 1. The number of esters is 1. The van der Waals surface area contributed by atoms with E-state index in [4.69, 9.17) is 9.84 Å². The number of nitrogens with zero attached hydrogens (tertiary/aromatic N) is 6. The third-order valence-corrected chi connectivity index (χ3v) is 6.73. The fourth-order valence-corrected chi connectivity index (χ4v) is 4.76. The van der Waals surface area contributed by atoms with Gasteiger partial charge in [0.15, 0.2) is 0 Å². The molecule has 1 N–H and O–H groups in total. The number of ether oxygens (including phenoxy) is 1. The predicted octanol–water partition coefficient (Wildman–Crippen LogP) is 6.72. The standard InChI is InChI=1S/C33H29N7O2/c1-4-42-33(41)25-10-14-28(15-11-25)39-21-30(24-8-6-5-7-9-24)32(38-39)26-18-19-34-31(20-26)36-27-12-16-29(17-13-27)40-23(3)35-22(2)37-40/h5-21H,4H2,1-3H3,(H,34,36). The second-order valence-corrected chi connectivity index (χ2v) is 9.69. The number of hydrogen-bond donors (Lipinski definition) is 1. The highest BCUT2D eigenvalue weighted by Crippen LogP contribution is 2.33. The lowest BCUT2D eigenvalue weighted by molar-refractivity contribution is 0.0526. The van der Waals surface area contributed by atoms with Gasteiger partial charge in [0, 0.05) is 29.2 Å². The topological polar surface area (TPSA) is 99.8 Å². The van der Waals surface area contributed by atoms with Gasteiger partial charge >= 0.3 is 5.97 Å². The van der Waals surface area contributed by atoms with Crippen LogP contribution < -0.4 is 5.32 Å². The van der Waals surface area contributed by atoms with E-state index in [2.05, 4.69) is 32.5 Å². The van der Waals surface area contributed by atoms with Gasteiger partial charge in [-0.25, -0.2) is 24.1 Å². The number of aryl methyl sites for hydroxylation is 2. The molecule has 0 bridgehead atoms. The van der Waals surface area contributed by atoms with Crippen molar-refractivity contribution in [3.8, 4) is 33.8 Å². The third-order valence-electron chi connectivity index (χ3n) is 6.73. The summed E-state index contributed by atoms with van der Waals surface area (Å²) in [4.78, 5) is 21.1. The summed E-state index contributed by atoms with van der Waals surface area (Å²) >= 11 is 0. The number of hydrogen-bond acceptors (Lipinski definition) is 7. The smallest absolute Gasteiger partial charge is 0.338 e. The minimum Gasteiger partial charge on any atom is -0.462 e. The molecule has 0 aliphatic rings. The number of benzene rings is 3. The van der Waals surface area contributed by atoms with Gasteiger partial charge in [0.05, 0.1) is 23.5 Å². The SMILES string of the molecule is CCOC(=O)c1ccc(-n2cc(-c3ccccc3)c(-c3ccnc(Nc4ccc(-n5nc(C)nc5C)cc4)c3)n2)cc1. The first-order chi connectivity index (χ1) is 20.5. The summed E-state index contributed by atoms with van der Waals surface area (Å²) in [6.45, 7) is 5.94. The van der Waals surface area contributed by atoms with Crippen molar-refractivity contribution in [2.45, 2.75) is 20.8 Å². The summed E-state index contributed by atoms with van der Waals surface area (Å²) in [7, 11) is 0. The molecule has 0 saturated heterocycles. The second-order valence-electron chi connectivity index (χ2n) is 9.69. The zero-order chi connectivity index (χ0) is 29.1. The monoisotopic (exact) mass is 555 g/mol. The Morgan fingerprint density at radius 1 is 0.857 bits per heavy atom. The van der Waals surface area contributed by atoms with Crippen molar-refractivity contribution in [3.63, 3.8) is 0 Å². The average Bonchev–Trinajstić information content (AvgIpc) is 3.61. The van der Waals surface area contributed by atoms with Crippen molar-refractivity contribution >= 4 is 17.5 Å². The van der Waals surface area contributed by atoms with Gasteiger partial charge in [0.2, 0.25) is 0 Å². The number of rotatable bonds is 8. The van der Waals surface area contributed by atoms with Crippen LogP contribution in [-0.4, -0.2) is 42.1 Å². The van der Waals surface area contributed by atoms with E-state index < -0.39 is 0 Å². The highest BCUT2D eigenvalue weighted by atomic mass is 16.5. The van der Waals surface area contributed by atoms with Crippen molar-refractivity contribution in [2.24, 2.45) is 0 Å². The first-order valence-corrected chi connectivity index (χ1v) is 13.7. The Balaban J connectivity index is 1.31. The molecule has 3 heterocycles. The normalized spacial score (nSPS) is 10.9. The number of nitrogens with one attached hydrogen (secondary N) is 1. The number of aromatic nitrogens is 6. The second kappa shape index (κ2) is 11.5. The van der Waals surface area contributed by atoms with Crippen LogP contribution in [0.2, 0.25) is 0 Å². The Bertz CT molecular complexity index is 1840. The maximum Gasteiger partial charge on any atom is 0.338 e. The molecule has 0 atom stereocenters. The van der Waals surface area contributed by atoms with Gasteiger partial charge in [-0.15, -0.1) is 0 Å². The number of pyridine rings is 1. The molecule has 3 aromatic carbocycles. The summed E-state index contributed by atoms with van der Waals surface area (Å²) < 4.78 is 8.77. The maximum absolute atomic E-state index is 12.1. The van der Waals surface area contributed by atoms with Crippen molar-refractivity contribution in [1.29, 1.82) is 0 Å². The maximum atomic E-state index is 12.1. The Kier molecular flexibility index (Phi) is 7.30. The van der Waals surface area contributed by atoms with Crippen LogP contribution in [0, 0.1) is 13.8 Å². The molecule has 0 unspecified atom stereocenters. The first-order valence-electron chi connectivity index (χ1n) is 13.7. The van der Waals surface area contributed by atoms with Crippen LogP contribution in [0.25, 0.3) is 33.8 Å². The van der Waals surface area contributed by atoms with E-state index in [1.165, 1.54) is 0 Å². The zero-order valence-corrected chi connectivity index (χ0v) is 23.5. The van der Waals surface area contributed by atoms with Gasteiger partial charge in [-0.1, -0.05) is 30.3 Å². The van der Waals surface area contributed by atoms with Crippen LogP contribution in [0.3, 0.4) is 0 Å². The fourth-order valence-electron chi connectivity index (χ4n) is 4.76. The Morgan fingerprint density at radius 2 is 1.60 bits per heavy atom. The van der Waals surface area contributed by atoms with Crippen LogP contribution >= 0.6 is 0 Å². The van der Waals surface area contributed by atoms with Gasteiger partial charge in [0.1, 0.15) is 23.2 Å². The van der Waals surface area contributed by atoms with Crippen molar-refractivity contribution in [2.75, 3.05) is 11.9 Å². The molecule has 0 aliphatic heterocycles. The van der Waals surface area contributed by atoms with E-state index in [1.54, 1.807) is 25.3 Å². The van der Waals surface area contributed by atoms with Gasteiger partial charge in [-0.3, -0.25) is 0 Å². The van der Waals surface area contributed by atoms with Gasteiger partial charge in [-0.05, 0) is 87.0 Å². The molecule has 0 radical (unpaired) electrons. The Hall–Kier alpha value is -5.57. The molecule has 9 nitrogen and oxygen atoms in total. The Labute approximate surface area is 243 Å². The zero-order valence-electron chi connectivity index (χ0n) is 23.5. The molecule has 6 rings (SSSR count). The third kappa shape index (κ3) is 5.53. The largest absolute Gasteiger partial charge is 0.462 e. The van der Waals surface area contributed by atoms with Crippen LogP contribution in [0.5, 0.6) is 0 Å². The van der Waals surface area contributed by atoms with Crippen LogP contribution in [-0.2, 0) is 4.74 Å². The lowest BCUT2D eigenvalue weighted by Crippen LogP contribution is -2.05. The minimum atomic E-state index is -0.342. The first kappa shape index (κ1) is 26.6. The number of anilines is 2. The molecule has 0 saturated carbocycles. The van der Waals surface area contributed by atoms with Crippen LogP contribution in [0.15, 0.2) is 103 Å². The fraction of sp³-hybridized carbons (Fsp3) is 0.121. The van der Waals surface area contributed by atoms with Crippen molar-refractivity contribution in [1.82, 2.24) is 29.5 Å². The molecule has 9 heteroatoms. The minimum absolute atomic E-state index is 0.333. The van der Waals surface area contributed by atoms with E-state index in [9.17, 15) is 4.79 Å². The molecule has 6 aromatic rings. The van der Waals surface area contributed by atoms with Gasteiger partial charge in [-0.2, -0.15) is 10.2 Å². The summed E-state index contributed by atoms with van der Waals surface area (Å²) in [5, 5.41) is 12.8. The quantitative estimate of drug-likeness (QED) is 0.208. The molecular weight excluding hydrogens is 526 g/mol. The molecule has 208 valence electrons. The lowest BCUT2D eigenvalue weighted by atomic mass is 10.0. The van der Waals surface area contributed by atoms with E-state index in [-0.39, 0.29) is 5.97 Å². The van der Waals surface area contributed by atoms with E-state index >= 15 is 0 Å². The van der Waals surface area contributed by atoms with Crippen LogP contribution in [0.1, 0.15) is 28.9 Å². The summed E-state index contributed by atoms with van der Waals surface area (Å²) in [5.74, 6) is 1.93. The molecule has 0 fully saturated rings. The van der Waals surface area contributed by atoms with E-state index in [0.717, 1.165) is 51.1 Å². The lowest BCUT2D eigenvalue weighted by Gasteiger charge is -2.09. The summed E-state index contributed by atoms with van der Waals surface area (Å²) in [6, 6.07) is 29.3. The number of carbonyl (C=O) groups excluding carboxylic acids is 1. The molecular formula is C33H29N7O2. The average molecular weight is 556 g/mol. The molecule has 0 aliphatic carbocycles. The van der Waals surface area contributed by atoms with Crippen molar-refractivity contribution in [3.05, 3.63) is 121 Å². The summed E-state index contributed by atoms with van der Waals surface area (Å²) in [5.41, 5.74) is 6.92. The van der Waals surface area contributed by atoms with Gasteiger partial charge < -0.3 is 10.1 Å². The molecule has 0 amide bonds. The molecule has 0 spiro atoms. The van der Waals surface area contributed by atoms with E-state index in [0.29, 0.717) is 18.0 Å². The highest BCUT2D eigenvalue weighted by molar-refractivity contribution is 5.89. The Morgan fingerprint density at radius 3 is 2.29 bits per heavy atom. The molecule has 3 aromatic heterocycles. The predicted molar refractivity (Wildman–Crippen MR) is 162 cm³/mol. The summed E-state index contributed by atoms with van der Waals surface area (Å²) in [6.07, 6.45) is 3.78.